The number of barbiturate groups is 1. The minimum Gasteiger partial charge on any atom is -0.493 e. The average molecular weight is 461 g/mol. The van der Waals surface area contributed by atoms with Gasteiger partial charge in [0.25, 0.3) is 11.8 Å². The molecule has 1 heterocycles. The fraction of sp³-hybridized carbons (Fsp3) is 0.136. The van der Waals surface area contributed by atoms with Gasteiger partial charge in [0, 0.05) is 22.2 Å². The van der Waals surface area contributed by atoms with Crippen LogP contribution in [0.2, 0.25) is 10.0 Å². The molecule has 4 amide bonds. The number of hydrogen-bond acceptors (Lipinski definition) is 5. The molecule has 0 unspecified atom stereocenters. The van der Waals surface area contributed by atoms with Crippen LogP contribution in [0.4, 0.5) is 4.79 Å². The molecule has 0 spiro atoms. The fourth-order valence-electron chi connectivity index (χ4n) is 2.85. The average Bonchev–Trinajstić information content (AvgIpc) is 2.73. The van der Waals surface area contributed by atoms with Gasteiger partial charge in [0.05, 0.1) is 7.11 Å². The number of nitrogens with one attached hydrogen (secondary N) is 1. The predicted molar refractivity (Wildman–Crippen MR) is 117 cm³/mol. The first-order valence-corrected chi connectivity index (χ1v) is 9.84. The summed E-state index contributed by atoms with van der Waals surface area (Å²) in [5.41, 5.74) is 1.04. The lowest BCUT2D eigenvalue weighted by Crippen LogP contribution is -2.54. The second-order valence-electron chi connectivity index (χ2n) is 6.46. The van der Waals surface area contributed by atoms with Gasteiger partial charge in [-0.1, -0.05) is 41.4 Å². The van der Waals surface area contributed by atoms with E-state index in [1.165, 1.54) is 19.3 Å². The lowest BCUT2D eigenvalue weighted by atomic mass is 10.1. The predicted octanol–water partition coefficient (Wildman–Crippen LogP) is 4.23. The zero-order chi connectivity index (χ0) is 22.5. The summed E-state index contributed by atoms with van der Waals surface area (Å²) in [5, 5.41) is 3.11. The Morgan fingerprint density at radius 3 is 2.55 bits per heavy atom. The topological polar surface area (TPSA) is 84.9 Å². The van der Waals surface area contributed by atoms with Gasteiger partial charge in [-0.3, -0.25) is 19.8 Å². The van der Waals surface area contributed by atoms with Crippen molar-refractivity contribution < 1.29 is 23.9 Å². The molecule has 1 aliphatic rings. The summed E-state index contributed by atoms with van der Waals surface area (Å²) >= 11 is 12.1. The number of urea groups is 1. The quantitative estimate of drug-likeness (QED) is 0.379. The summed E-state index contributed by atoms with van der Waals surface area (Å²) in [6.07, 6.45) is 2.77. The number of benzene rings is 2. The zero-order valence-electron chi connectivity index (χ0n) is 16.5. The minimum absolute atomic E-state index is 0.0197. The third kappa shape index (κ3) is 5.07. The number of carbonyl (C=O) groups excluding carboxylic acids is 3. The summed E-state index contributed by atoms with van der Waals surface area (Å²) in [6.45, 7) is 3.64. The van der Waals surface area contributed by atoms with Crippen LogP contribution in [-0.2, 0) is 16.2 Å². The SMILES string of the molecule is C=CCN1C(=O)NC(=O)/C(=C/c2ccc(OC)c(OCc3ccc(Cl)cc3Cl)c2)C1=O. The van der Waals surface area contributed by atoms with E-state index in [-0.39, 0.29) is 18.7 Å². The highest BCUT2D eigenvalue weighted by atomic mass is 35.5. The molecule has 0 atom stereocenters. The smallest absolute Gasteiger partial charge is 0.331 e. The van der Waals surface area contributed by atoms with Gasteiger partial charge < -0.3 is 9.47 Å². The van der Waals surface area contributed by atoms with E-state index >= 15 is 0 Å². The summed E-state index contributed by atoms with van der Waals surface area (Å²) < 4.78 is 11.2. The van der Waals surface area contributed by atoms with Crippen molar-refractivity contribution >= 4 is 47.1 Å². The van der Waals surface area contributed by atoms with Crippen molar-refractivity contribution in [2.45, 2.75) is 6.61 Å². The van der Waals surface area contributed by atoms with Crippen molar-refractivity contribution in [1.29, 1.82) is 0 Å². The molecule has 1 saturated heterocycles. The first kappa shape index (κ1) is 22.4. The van der Waals surface area contributed by atoms with Gasteiger partial charge in [0.1, 0.15) is 12.2 Å². The third-order valence-corrected chi connectivity index (χ3v) is 4.98. The highest BCUT2D eigenvalue weighted by molar-refractivity contribution is 6.35. The maximum absolute atomic E-state index is 12.6. The molecule has 3 rings (SSSR count). The molecule has 0 aromatic heterocycles. The van der Waals surface area contributed by atoms with Crippen LogP contribution in [0.15, 0.2) is 54.6 Å². The Morgan fingerprint density at radius 1 is 1.10 bits per heavy atom. The highest BCUT2D eigenvalue weighted by Gasteiger charge is 2.34. The number of halogens is 2. The highest BCUT2D eigenvalue weighted by Crippen LogP contribution is 2.31. The summed E-state index contributed by atoms with van der Waals surface area (Å²) in [7, 11) is 1.49. The van der Waals surface area contributed by atoms with Crippen molar-refractivity contribution in [3.8, 4) is 11.5 Å². The second kappa shape index (κ2) is 9.68. The number of nitrogens with zero attached hydrogens (tertiary/aromatic N) is 1. The summed E-state index contributed by atoms with van der Waals surface area (Å²) in [5.74, 6) is -0.651. The first-order chi connectivity index (χ1) is 14.8. The molecule has 2 aromatic rings. The standard InChI is InChI=1S/C22H18Cl2N2O5/c1-3-8-26-21(28)16(20(27)25-22(26)29)9-13-4-7-18(30-2)19(10-13)31-12-14-5-6-15(23)11-17(14)24/h3-7,9-11H,1,8,12H2,2H3,(H,25,27,29)/b16-9-. The third-order valence-electron chi connectivity index (χ3n) is 4.39. The molecule has 0 bridgehead atoms. The van der Waals surface area contributed by atoms with Gasteiger partial charge in [-0.25, -0.2) is 4.79 Å². The maximum atomic E-state index is 12.6. The Hall–Kier alpha value is -3.29. The molecule has 31 heavy (non-hydrogen) atoms. The van der Waals surface area contributed by atoms with Crippen LogP contribution in [0.1, 0.15) is 11.1 Å². The van der Waals surface area contributed by atoms with E-state index < -0.39 is 17.8 Å². The lowest BCUT2D eigenvalue weighted by Gasteiger charge is -2.25. The number of imide groups is 2. The Morgan fingerprint density at radius 2 is 1.87 bits per heavy atom. The second-order valence-corrected chi connectivity index (χ2v) is 7.30. The largest absolute Gasteiger partial charge is 0.493 e. The zero-order valence-corrected chi connectivity index (χ0v) is 18.0. The molecule has 0 aliphatic carbocycles. The first-order valence-electron chi connectivity index (χ1n) is 9.08. The van der Waals surface area contributed by atoms with Gasteiger partial charge in [-0.05, 0) is 35.9 Å². The summed E-state index contributed by atoms with van der Waals surface area (Å²) in [6, 6.07) is 9.19. The molecular weight excluding hydrogens is 443 g/mol. The van der Waals surface area contributed by atoms with E-state index in [9.17, 15) is 14.4 Å². The molecular formula is C22H18Cl2N2O5. The van der Waals surface area contributed by atoms with E-state index in [0.29, 0.717) is 27.1 Å². The molecule has 7 nitrogen and oxygen atoms in total. The van der Waals surface area contributed by atoms with Gasteiger partial charge in [0.15, 0.2) is 11.5 Å². The van der Waals surface area contributed by atoms with E-state index in [1.807, 2.05) is 0 Å². The molecule has 1 N–H and O–H groups in total. The Kier molecular flexibility index (Phi) is 6.99. The molecule has 1 fully saturated rings. The lowest BCUT2D eigenvalue weighted by molar-refractivity contribution is -0.129. The fourth-order valence-corrected chi connectivity index (χ4v) is 3.31. The van der Waals surface area contributed by atoms with Crippen molar-refractivity contribution in [2.75, 3.05) is 13.7 Å². The minimum atomic E-state index is -0.786. The van der Waals surface area contributed by atoms with E-state index in [0.717, 1.165) is 10.5 Å². The van der Waals surface area contributed by atoms with Crippen molar-refractivity contribution in [2.24, 2.45) is 0 Å². The van der Waals surface area contributed by atoms with Crippen LogP contribution in [0, 0.1) is 0 Å². The number of hydrogen-bond donors (Lipinski definition) is 1. The Labute approximate surface area is 188 Å². The monoisotopic (exact) mass is 460 g/mol. The number of rotatable bonds is 7. The van der Waals surface area contributed by atoms with Crippen molar-refractivity contribution in [3.63, 3.8) is 0 Å². The number of ether oxygens (including phenoxy) is 2. The van der Waals surface area contributed by atoms with E-state index in [2.05, 4.69) is 11.9 Å². The van der Waals surface area contributed by atoms with E-state index in [1.54, 1.807) is 36.4 Å². The van der Waals surface area contributed by atoms with Crippen LogP contribution in [0.25, 0.3) is 6.08 Å². The van der Waals surface area contributed by atoms with Gasteiger partial charge in [0.2, 0.25) is 0 Å². The molecule has 2 aromatic carbocycles. The number of carbonyl (C=O) groups is 3. The molecule has 0 saturated carbocycles. The van der Waals surface area contributed by atoms with Gasteiger partial charge in [-0.2, -0.15) is 0 Å². The molecule has 1 aliphatic heterocycles. The van der Waals surface area contributed by atoms with Crippen LogP contribution in [0.5, 0.6) is 11.5 Å². The van der Waals surface area contributed by atoms with Crippen LogP contribution >= 0.6 is 23.2 Å². The van der Waals surface area contributed by atoms with Gasteiger partial charge in [-0.15, -0.1) is 6.58 Å². The number of methoxy groups -OCH3 is 1. The summed E-state index contributed by atoms with van der Waals surface area (Å²) in [4.78, 5) is 37.5. The van der Waals surface area contributed by atoms with Crippen LogP contribution in [-0.4, -0.2) is 36.4 Å². The Bertz CT molecular complexity index is 1100. The van der Waals surface area contributed by atoms with Gasteiger partial charge >= 0.3 is 6.03 Å². The number of amides is 4. The van der Waals surface area contributed by atoms with E-state index in [4.69, 9.17) is 32.7 Å². The maximum Gasteiger partial charge on any atom is 0.331 e. The molecule has 160 valence electrons. The molecule has 0 radical (unpaired) electrons. The van der Waals surface area contributed by atoms with Crippen LogP contribution in [0.3, 0.4) is 0 Å². The van der Waals surface area contributed by atoms with Crippen molar-refractivity contribution in [1.82, 2.24) is 10.2 Å². The molecule has 9 heteroatoms. The Balaban J connectivity index is 1.88. The normalized spacial score (nSPS) is 15.1. The van der Waals surface area contributed by atoms with Crippen molar-refractivity contribution in [3.05, 3.63) is 75.8 Å². The van der Waals surface area contributed by atoms with Crippen LogP contribution < -0.4 is 14.8 Å².